The number of carbonyl (C=O) groups is 1. The summed E-state index contributed by atoms with van der Waals surface area (Å²) in [6.45, 7) is 1.44. The van der Waals surface area contributed by atoms with Crippen LogP contribution in [0.4, 0.5) is 13.2 Å². The Morgan fingerprint density at radius 1 is 1.03 bits per heavy atom. The number of halogens is 3. The average Bonchev–Trinajstić information content (AvgIpc) is 2.69. The first-order valence-corrected chi connectivity index (χ1v) is 9.88. The quantitative estimate of drug-likeness (QED) is 0.640. The van der Waals surface area contributed by atoms with Crippen molar-refractivity contribution in [2.24, 2.45) is 5.73 Å². The van der Waals surface area contributed by atoms with Crippen LogP contribution in [0.2, 0.25) is 0 Å². The lowest BCUT2D eigenvalue weighted by molar-refractivity contribution is 0.0995. The summed E-state index contributed by atoms with van der Waals surface area (Å²) < 4.78 is 69.8. The highest BCUT2D eigenvalue weighted by Crippen LogP contribution is 2.39. The van der Waals surface area contributed by atoms with Gasteiger partial charge in [0.05, 0.1) is 4.90 Å². The average molecular weight is 420 g/mol. The Labute approximate surface area is 164 Å². The molecule has 9 heteroatoms. The minimum Gasteiger partial charge on any atom is -0.364 e. The number of carbonyl (C=O) groups excluding carboxylic acids is 1. The normalized spacial score (nSPS) is 12.6. The molecule has 0 saturated carbocycles. The van der Waals surface area contributed by atoms with E-state index in [1.807, 2.05) is 0 Å². The molecule has 5 nitrogen and oxygen atoms in total. The maximum atomic E-state index is 14.6. The molecule has 0 aliphatic heterocycles. The molecule has 0 saturated heterocycles. The van der Waals surface area contributed by atoms with Crippen LogP contribution in [0, 0.1) is 24.4 Å². The number of benzene rings is 2. The van der Waals surface area contributed by atoms with Gasteiger partial charge < -0.3 is 5.73 Å². The standard InChI is InChI=1S/C20H15F3N2O3S/c1-11-9-16(20(24)26)25-10-13(11)19(17-14(21)7-8-15(22)18(17)23)29(27,28)12-5-3-2-4-6-12/h2-10,19H,1H3,(H2,24,26). The molecule has 0 bridgehead atoms. The number of primary amides is 1. The molecule has 1 amide bonds. The van der Waals surface area contributed by atoms with E-state index in [2.05, 4.69) is 4.98 Å². The molecular formula is C20H15F3N2O3S. The largest absolute Gasteiger partial charge is 0.364 e. The second-order valence-corrected chi connectivity index (χ2v) is 8.32. The first-order valence-electron chi connectivity index (χ1n) is 8.33. The van der Waals surface area contributed by atoms with Gasteiger partial charge in [-0.2, -0.15) is 0 Å². The number of nitrogens with two attached hydrogens (primary N) is 1. The summed E-state index contributed by atoms with van der Waals surface area (Å²) in [5.41, 5.74) is 4.14. The molecule has 0 radical (unpaired) electrons. The Bertz CT molecular complexity index is 1200. The van der Waals surface area contributed by atoms with Gasteiger partial charge in [-0.05, 0) is 48.4 Å². The van der Waals surface area contributed by atoms with Crippen molar-refractivity contribution in [1.29, 1.82) is 0 Å². The molecule has 150 valence electrons. The summed E-state index contributed by atoms with van der Waals surface area (Å²) in [5, 5.41) is -1.94. The van der Waals surface area contributed by atoms with Gasteiger partial charge in [0.15, 0.2) is 21.5 Å². The van der Waals surface area contributed by atoms with Crippen molar-refractivity contribution in [3.8, 4) is 0 Å². The third kappa shape index (κ3) is 3.73. The molecular weight excluding hydrogens is 405 g/mol. The van der Waals surface area contributed by atoms with E-state index in [0.717, 1.165) is 6.20 Å². The molecule has 1 unspecified atom stereocenters. The van der Waals surface area contributed by atoms with Gasteiger partial charge >= 0.3 is 0 Å². The Balaban J connectivity index is 2.36. The van der Waals surface area contributed by atoms with Crippen LogP contribution in [-0.4, -0.2) is 19.3 Å². The number of sulfone groups is 1. The summed E-state index contributed by atoms with van der Waals surface area (Å²) in [4.78, 5) is 14.9. The van der Waals surface area contributed by atoms with Crippen molar-refractivity contribution >= 4 is 15.7 Å². The fraction of sp³-hybridized carbons (Fsp3) is 0.100. The number of amides is 1. The summed E-state index contributed by atoms with van der Waals surface area (Å²) in [7, 11) is -4.43. The maximum absolute atomic E-state index is 14.6. The number of hydrogen-bond acceptors (Lipinski definition) is 4. The number of aromatic nitrogens is 1. The highest BCUT2D eigenvalue weighted by atomic mass is 32.2. The lowest BCUT2D eigenvalue weighted by Crippen LogP contribution is -2.21. The molecule has 2 aromatic carbocycles. The third-order valence-electron chi connectivity index (χ3n) is 4.41. The smallest absolute Gasteiger partial charge is 0.267 e. The van der Waals surface area contributed by atoms with Crippen molar-refractivity contribution < 1.29 is 26.4 Å². The van der Waals surface area contributed by atoms with Crippen LogP contribution in [0.3, 0.4) is 0 Å². The van der Waals surface area contributed by atoms with Gasteiger partial charge in [-0.1, -0.05) is 18.2 Å². The summed E-state index contributed by atoms with van der Waals surface area (Å²) in [6.07, 6.45) is 1.00. The molecule has 3 rings (SSSR count). The van der Waals surface area contributed by atoms with E-state index in [0.29, 0.717) is 12.1 Å². The number of pyridine rings is 1. The monoisotopic (exact) mass is 420 g/mol. The van der Waals surface area contributed by atoms with Gasteiger partial charge in [0.1, 0.15) is 16.8 Å². The van der Waals surface area contributed by atoms with Crippen LogP contribution < -0.4 is 5.73 Å². The highest BCUT2D eigenvalue weighted by Gasteiger charge is 2.37. The van der Waals surface area contributed by atoms with Crippen LogP contribution in [0.1, 0.15) is 32.4 Å². The molecule has 1 heterocycles. The minimum absolute atomic E-state index is 0.109. The molecule has 1 aromatic heterocycles. The number of nitrogens with zero attached hydrogens (tertiary/aromatic N) is 1. The molecule has 1 atom stereocenters. The van der Waals surface area contributed by atoms with E-state index < -0.39 is 44.0 Å². The second kappa shape index (κ2) is 7.67. The maximum Gasteiger partial charge on any atom is 0.267 e. The van der Waals surface area contributed by atoms with E-state index in [1.165, 1.54) is 37.3 Å². The molecule has 3 aromatic rings. The Morgan fingerprint density at radius 2 is 1.66 bits per heavy atom. The van der Waals surface area contributed by atoms with E-state index in [9.17, 15) is 26.4 Å². The zero-order chi connectivity index (χ0) is 21.3. The van der Waals surface area contributed by atoms with Gasteiger partial charge in [-0.3, -0.25) is 9.78 Å². The summed E-state index contributed by atoms with van der Waals surface area (Å²) in [5.74, 6) is -5.10. The fourth-order valence-electron chi connectivity index (χ4n) is 2.98. The van der Waals surface area contributed by atoms with Crippen LogP contribution in [0.5, 0.6) is 0 Å². The van der Waals surface area contributed by atoms with Crippen LogP contribution >= 0.6 is 0 Å². The molecule has 0 spiro atoms. The second-order valence-electron chi connectivity index (χ2n) is 6.29. The van der Waals surface area contributed by atoms with Gasteiger partial charge in [-0.25, -0.2) is 21.6 Å². The van der Waals surface area contributed by atoms with Crippen molar-refractivity contribution in [2.75, 3.05) is 0 Å². The Hall–Kier alpha value is -3.20. The van der Waals surface area contributed by atoms with E-state index >= 15 is 0 Å². The van der Waals surface area contributed by atoms with Crippen LogP contribution in [0.15, 0.2) is 59.6 Å². The zero-order valence-electron chi connectivity index (χ0n) is 15.1. The predicted molar refractivity (Wildman–Crippen MR) is 99.3 cm³/mol. The Kier molecular flexibility index (Phi) is 5.43. The minimum atomic E-state index is -4.43. The van der Waals surface area contributed by atoms with Crippen molar-refractivity contribution in [2.45, 2.75) is 17.1 Å². The summed E-state index contributed by atoms with van der Waals surface area (Å²) in [6, 6.07) is 9.43. The Morgan fingerprint density at radius 3 is 2.24 bits per heavy atom. The number of hydrogen-bond donors (Lipinski definition) is 1. The lowest BCUT2D eigenvalue weighted by Gasteiger charge is -2.22. The summed E-state index contributed by atoms with van der Waals surface area (Å²) >= 11 is 0. The van der Waals surface area contributed by atoms with Gasteiger partial charge in [0.2, 0.25) is 0 Å². The molecule has 2 N–H and O–H groups in total. The lowest BCUT2D eigenvalue weighted by atomic mass is 10.00. The predicted octanol–water partition coefficient (Wildman–Crippen LogP) is 3.47. The van der Waals surface area contributed by atoms with Gasteiger partial charge in [0, 0.05) is 11.8 Å². The molecule has 0 fully saturated rings. The number of aryl methyl sites for hydroxylation is 1. The number of rotatable bonds is 5. The van der Waals surface area contributed by atoms with Crippen LogP contribution in [-0.2, 0) is 9.84 Å². The molecule has 29 heavy (non-hydrogen) atoms. The van der Waals surface area contributed by atoms with Gasteiger partial charge in [0.25, 0.3) is 5.91 Å². The first-order chi connectivity index (χ1) is 13.6. The van der Waals surface area contributed by atoms with Crippen molar-refractivity contribution in [1.82, 2.24) is 4.98 Å². The van der Waals surface area contributed by atoms with E-state index in [1.54, 1.807) is 6.07 Å². The fourth-order valence-corrected chi connectivity index (χ4v) is 4.90. The van der Waals surface area contributed by atoms with Crippen molar-refractivity contribution in [3.63, 3.8) is 0 Å². The first kappa shape index (κ1) is 20.5. The SMILES string of the molecule is Cc1cc(C(N)=O)ncc1C(c1c(F)ccc(F)c1F)S(=O)(=O)c1ccccc1. The van der Waals surface area contributed by atoms with Crippen molar-refractivity contribution in [3.05, 3.63) is 94.6 Å². The van der Waals surface area contributed by atoms with E-state index in [4.69, 9.17) is 5.73 Å². The van der Waals surface area contributed by atoms with E-state index in [-0.39, 0.29) is 21.7 Å². The van der Waals surface area contributed by atoms with Crippen LogP contribution in [0.25, 0.3) is 0 Å². The highest BCUT2D eigenvalue weighted by molar-refractivity contribution is 7.92. The zero-order valence-corrected chi connectivity index (χ0v) is 15.9. The van der Waals surface area contributed by atoms with Gasteiger partial charge in [-0.15, -0.1) is 0 Å². The molecule has 0 aliphatic carbocycles. The molecule has 0 aliphatic rings. The third-order valence-corrected chi connectivity index (χ3v) is 6.45. The topological polar surface area (TPSA) is 90.1 Å².